The van der Waals surface area contributed by atoms with Crippen LogP contribution in [0.3, 0.4) is 0 Å². The van der Waals surface area contributed by atoms with Crippen molar-refractivity contribution in [2.24, 2.45) is 5.73 Å². The highest BCUT2D eigenvalue weighted by molar-refractivity contribution is 6.34. The molecule has 0 amide bonds. The molecule has 0 saturated heterocycles. The molecule has 0 bridgehead atoms. The van der Waals surface area contributed by atoms with E-state index in [-0.39, 0.29) is 5.38 Å². The Morgan fingerprint density at radius 2 is 1.91 bits per heavy atom. The standard InChI is InChI=1S/C6H7Cl2N.C2H6/c7-5-3-1-2-4-6(5,8)9;1-2/h1-5H,9H2;1-2H3. The Labute approximate surface area is 77.9 Å². The molecule has 0 fully saturated rings. The molecule has 2 N–H and O–H groups in total. The monoisotopic (exact) mass is 193 g/mol. The van der Waals surface area contributed by atoms with Crippen LogP contribution in [-0.4, -0.2) is 10.4 Å². The lowest BCUT2D eigenvalue weighted by Gasteiger charge is -2.22. The Balaban J connectivity index is 0.000000461. The highest BCUT2D eigenvalue weighted by Crippen LogP contribution is 2.23. The average molecular weight is 194 g/mol. The van der Waals surface area contributed by atoms with Crippen LogP contribution in [0.1, 0.15) is 13.8 Å². The first-order valence-electron chi connectivity index (χ1n) is 3.61. The van der Waals surface area contributed by atoms with E-state index in [4.69, 9.17) is 28.9 Å². The largest absolute Gasteiger partial charge is 0.308 e. The van der Waals surface area contributed by atoms with Gasteiger partial charge in [0.1, 0.15) is 5.00 Å². The molecular weight excluding hydrogens is 181 g/mol. The van der Waals surface area contributed by atoms with Crippen LogP contribution in [0.5, 0.6) is 0 Å². The number of nitrogens with two attached hydrogens (primary N) is 1. The summed E-state index contributed by atoms with van der Waals surface area (Å²) in [6.07, 6.45) is 7.04. The first kappa shape index (κ1) is 11.0. The normalized spacial score (nSPS) is 34.5. The molecule has 1 nitrogen and oxygen atoms in total. The van der Waals surface area contributed by atoms with E-state index >= 15 is 0 Å². The van der Waals surface area contributed by atoms with Gasteiger partial charge in [-0.1, -0.05) is 43.7 Å². The Bertz CT molecular complexity index is 161. The van der Waals surface area contributed by atoms with Gasteiger partial charge >= 0.3 is 0 Å². The molecule has 64 valence electrons. The fraction of sp³-hybridized carbons (Fsp3) is 0.500. The summed E-state index contributed by atoms with van der Waals surface area (Å²) in [6, 6.07) is 0. The van der Waals surface area contributed by atoms with Gasteiger partial charge in [-0.3, -0.25) is 0 Å². The summed E-state index contributed by atoms with van der Waals surface area (Å²) in [6.45, 7) is 4.00. The van der Waals surface area contributed by atoms with Gasteiger partial charge in [-0.25, -0.2) is 0 Å². The molecule has 0 saturated carbocycles. The minimum atomic E-state index is -0.893. The predicted octanol–water partition coefficient (Wildman–Crippen LogP) is 2.64. The topological polar surface area (TPSA) is 26.0 Å². The summed E-state index contributed by atoms with van der Waals surface area (Å²) in [5.74, 6) is 0. The maximum absolute atomic E-state index is 5.73. The van der Waals surface area contributed by atoms with Crippen molar-refractivity contribution in [1.82, 2.24) is 0 Å². The quantitative estimate of drug-likeness (QED) is 0.465. The van der Waals surface area contributed by atoms with Gasteiger partial charge < -0.3 is 5.73 Å². The first-order chi connectivity index (χ1) is 5.13. The second-order valence-electron chi connectivity index (χ2n) is 1.97. The van der Waals surface area contributed by atoms with Gasteiger partial charge in [0.15, 0.2) is 0 Å². The van der Waals surface area contributed by atoms with Crippen molar-refractivity contribution in [3.8, 4) is 0 Å². The van der Waals surface area contributed by atoms with E-state index in [0.717, 1.165) is 0 Å². The van der Waals surface area contributed by atoms with E-state index in [9.17, 15) is 0 Å². The highest BCUT2D eigenvalue weighted by atomic mass is 35.5. The molecule has 0 aromatic heterocycles. The molecule has 1 aliphatic carbocycles. The molecular formula is C8H13Cl2N. The summed E-state index contributed by atoms with van der Waals surface area (Å²) >= 11 is 11.4. The maximum atomic E-state index is 5.73. The number of allylic oxidation sites excluding steroid dienone is 2. The van der Waals surface area contributed by atoms with Crippen molar-refractivity contribution in [2.75, 3.05) is 0 Å². The molecule has 2 unspecified atom stereocenters. The van der Waals surface area contributed by atoms with Gasteiger partial charge in [-0.15, -0.1) is 11.6 Å². The summed E-state index contributed by atoms with van der Waals surface area (Å²) in [4.78, 5) is -0.893. The second-order valence-corrected chi connectivity index (χ2v) is 3.10. The van der Waals surface area contributed by atoms with Gasteiger partial charge in [0.2, 0.25) is 0 Å². The zero-order valence-electron chi connectivity index (χ0n) is 6.72. The van der Waals surface area contributed by atoms with Crippen LogP contribution in [0, 0.1) is 0 Å². The van der Waals surface area contributed by atoms with Crippen molar-refractivity contribution in [3.63, 3.8) is 0 Å². The minimum absolute atomic E-state index is 0.302. The fourth-order valence-corrected chi connectivity index (χ4v) is 0.906. The van der Waals surface area contributed by atoms with Crippen LogP contribution in [0.2, 0.25) is 0 Å². The van der Waals surface area contributed by atoms with Gasteiger partial charge in [0, 0.05) is 0 Å². The molecule has 1 rings (SSSR count). The zero-order valence-corrected chi connectivity index (χ0v) is 8.23. The molecule has 0 aromatic rings. The molecule has 0 spiro atoms. The number of alkyl halides is 2. The third kappa shape index (κ3) is 3.28. The SMILES string of the molecule is CC.NC1(Cl)C=CC=CC1Cl. The molecule has 0 radical (unpaired) electrons. The highest BCUT2D eigenvalue weighted by Gasteiger charge is 2.27. The van der Waals surface area contributed by atoms with Crippen LogP contribution >= 0.6 is 23.2 Å². The maximum Gasteiger partial charge on any atom is 0.130 e. The fourth-order valence-electron chi connectivity index (χ4n) is 0.604. The molecule has 11 heavy (non-hydrogen) atoms. The molecule has 0 aromatic carbocycles. The lowest BCUT2D eigenvalue weighted by atomic mass is 10.1. The van der Waals surface area contributed by atoms with Crippen molar-refractivity contribution in [3.05, 3.63) is 24.3 Å². The van der Waals surface area contributed by atoms with Crippen LogP contribution in [0.25, 0.3) is 0 Å². The Kier molecular flexibility index (Phi) is 4.82. The molecule has 0 heterocycles. The Hall–Kier alpha value is 0.0200. The first-order valence-corrected chi connectivity index (χ1v) is 4.42. The van der Waals surface area contributed by atoms with Crippen LogP contribution < -0.4 is 5.73 Å². The molecule has 3 heteroatoms. The Morgan fingerprint density at radius 1 is 1.36 bits per heavy atom. The number of hydrogen-bond donors (Lipinski definition) is 1. The zero-order chi connectivity index (χ0) is 8.91. The van der Waals surface area contributed by atoms with E-state index in [1.54, 1.807) is 18.2 Å². The van der Waals surface area contributed by atoms with E-state index in [0.29, 0.717) is 0 Å². The molecule has 1 aliphatic rings. The summed E-state index contributed by atoms with van der Waals surface area (Å²) in [7, 11) is 0. The van der Waals surface area contributed by atoms with Gasteiger partial charge in [0.25, 0.3) is 0 Å². The number of halogens is 2. The van der Waals surface area contributed by atoms with E-state index in [1.165, 1.54) is 0 Å². The van der Waals surface area contributed by atoms with Gasteiger partial charge in [-0.2, -0.15) is 0 Å². The third-order valence-corrected chi connectivity index (χ3v) is 2.14. The van der Waals surface area contributed by atoms with Crippen LogP contribution in [0.15, 0.2) is 24.3 Å². The van der Waals surface area contributed by atoms with Crippen LogP contribution in [-0.2, 0) is 0 Å². The summed E-state index contributed by atoms with van der Waals surface area (Å²) in [5, 5.41) is -0.302. The van der Waals surface area contributed by atoms with Gasteiger partial charge in [0.05, 0.1) is 5.38 Å². The molecule has 2 atom stereocenters. The minimum Gasteiger partial charge on any atom is -0.308 e. The lowest BCUT2D eigenvalue weighted by molar-refractivity contribution is 0.750. The molecule has 0 aliphatic heterocycles. The van der Waals surface area contributed by atoms with Crippen molar-refractivity contribution < 1.29 is 0 Å². The van der Waals surface area contributed by atoms with Crippen molar-refractivity contribution in [2.45, 2.75) is 24.2 Å². The van der Waals surface area contributed by atoms with E-state index in [1.807, 2.05) is 19.9 Å². The average Bonchev–Trinajstić information content (AvgIpc) is 2.00. The number of hydrogen-bond acceptors (Lipinski definition) is 1. The summed E-state index contributed by atoms with van der Waals surface area (Å²) < 4.78 is 0. The Morgan fingerprint density at radius 3 is 2.18 bits per heavy atom. The smallest absolute Gasteiger partial charge is 0.130 e. The van der Waals surface area contributed by atoms with Crippen LogP contribution in [0.4, 0.5) is 0 Å². The van der Waals surface area contributed by atoms with E-state index in [2.05, 4.69) is 0 Å². The third-order valence-electron chi connectivity index (χ3n) is 1.17. The summed E-state index contributed by atoms with van der Waals surface area (Å²) in [5.41, 5.74) is 5.52. The predicted molar refractivity (Wildman–Crippen MR) is 52.0 cm³/mol. The lowest BCUT2D eigenvalue weighted by Crippen LogP contribution is -2.40. The number of rotatable bonds is 0. The van der Waals surface area contributed by atoms with E-state index < -0.39 is 5.00 Å². The second kappa shape index (κ2) is 4.81. The van der Waals surface area contributed by atoms with Crippen molar-refractivity contribution >= 4 is 23.2 Å². The van der Waals surface area contributed by atoms with Crippen molar-refractivity contribution in [1.29, 1.82) is 0 Å². The van der Waals surface area contributed by atoms with Gasteiger partial charge in [-0.05, 0) is 6.08 Å².